The molecule has 0 fully saturated rings. The molecule has 0 aliphatic carbocycles. The molecular formula is C14H18ClN3. The second-order valence-corrected chi connectivity index (χ2v) is 4.92. The van der Waals surface area contributed by atoms with Crippen molar-refractivity contribution in [1.82, 2.24) is 9.78 Å². The van der Waals surface area contributed by atoms with E-state index in [1.165, 1.54) is 5.56 Å². The van der Waals surface area contributed by atoms with Crippen molar-refractivity contribution in [3.8, 4) is 0 Å². The molecule has 1 aromatic carbocycles. The van der Waals surface area contributed by atoms with Crippen LogP contribution in [0.4, 0.5) is 0 Å². The van der Waals surface area contributed by atoms with E-state index in [1.54, 1.807) is 0 Å². The molecule has 0 amide bonds. The Bertz CT molecular complexity index is 560. The SMILES string of the molecule is Cc1nn(C(CN)c2ccccc2Cl)c(C)c1C. The normalized spacial score (nSPS) is 12.7. The van der Waals surface area contributed by atoms with Crippen molar-refractivity contribution in [3.63, 3.8) is 0 Å². The molecule has 0 aliphatic heterocycles. The molecule has 1 heterocycles. The molecule has 0 saturated heterocycles. The van der Waals surface area contributed by atoms with Crippen LogP contribution in [-0.4, -0.2) is 16.3 Å². The van der Waals surface area contributed by atoms with E-state index in [0.29, 0.717) is 6.54 Å². The molecule has 4 heteroatoms. The van der Waals surface area contributed by atoms with Crippen molar-refractivity contribution in [2.24, 2.45) is 5.73 Å². The number of nitrogens with two attached hydrogens (primary N) is 1. The van der Waals surface area contributed by atoms with Gasteiger partial charge in [-0.2, -0.15) is 5.10 Å². The van der Waals surface area contributed by atoms with E-state index < -0.39 is 0 Å². The largest absolute Gasteiger partial charge is 0.328 e. The minimum absolute atomic E-state index is 0.00824. The molecule has 0 radical (unpaired) electrons. The summed E-state index contributed by atoms with van der Waals surface area (Å²) in [5, 5.41) is 5.31. The molecule has 96 valence electrons. The van der Waals surface area contributed by atoms with Crippen LogP contribution in [0.5, 0.6) is 0 Å². The van der Waals surface area contributed by atoms with Crippen molar-refractivity contribution in [1.29, 1.82) is 0 Å². The van der Waals surface area contributed by atoms with Crippen molar-refractivity contribution in [2.45, 2.75) is 26.8 Å². The molecule has 1 unspecified atom stereocenters. The Morgan fingerprint density at radius 3 is 2.44 bits per heavy atom. The number of aryl methyl sites for hydroxylation is 1. The third kappa shape index (κ3) is 2.16. The number of hydrogen-bond donors (Lipinski definition) is 1. The van der Waals surface area contributed by atoms with Crippen molar-refractivity contribution >= 4 is 11.6 Å². The highest BCUT2D eigenvalue weighted by molar-refractivity contribution is 6.31. The molecule has 1 atom stereocenters. The second-order valence-electron chi connectivity index (χ2n) is 4.51. The van der Waals surface area contributed by atoms with E-state index in [2.05, 4.69) is 18.9 Å². The molecule has 18 heavy (non-hydrogen) atoms. The van der Waals surface area contributed by atoms with Crippen LogP contribution in [0.3, 0.4) is 0 Å². The first-order valence-electron chi connectivity index (χ1n) is 6.03. The van der Waals surface area contributed by atoms with Gasteiger partial charge in [-0.1, -0.05) is 29.8 Å². The van der Waals surface area contributed by atoms with Crippen LogP contribution in [0, 0.1) is 20.8 Å². The highest BCUT2D eigenvalue weighted by atomic mass is 35.5. The third-order valence-electron chi connectivity index (χ3n) is 3.47. The highest BCUT2D eigenvalue weighted by Gasteiger charge is 2.19. The lowest BCUT2D eigenvalue weighted by atomic mass is 10.1. The Morgan fingerprint density at radius 2 is 1.94 bits per heavy atom. The van der Waals surface area contributed by atoms with Gasteiger partial charge in [-0.25, -0.2) is 0 Å². The minimum Gasteiger partial charge on any atom is -0.328 e. The van der Waals surface area contributed by atoms with Crippen LogP contribution in [-0.2, 0) is 0 Å². The van der Waals surface area contributed by atoms with E-state index in [9.17, 15) is 0 Å². The van der Waals surface area contributed by atoms with Crippen molar-refractivity contribution < 1.29 is 0 Å². The zero-order valence-electron chi connectivity index (χ0n) is 10.9. The molecule has 2 N–H and O–H groups in total. The van der Waals surface area contributed by atoms with Gasteiger partial charge in [0.25, 0.3) is 0 Å². The summed E-state index contributed by atoms with van der Waals surface area (Å²) < 4.78 is 1.98. The summed E-state index contributed by atoms with van der Waals surface area (Å²) in [6.07, 6.45) is 0. The maximum Gasteiger partial charge on any atom is 0.0908 e. The molecule has 0 bridgehead atoms. The second kappa shape index (κ2) is 5.12. The maximum atomic E-state index is 6.25. The van der Waals surface area contributed by atoms with Gasteiger partial charge >= 0.3 is 0 Å². The van der Waals surface area contributed by atoms with Crippen LogP contribution < -0.4 is 5.73 Å². The molecule has 0 saturated carbocycles. The summed E-state index contributed by atoms with van der Waals surface area (Å²) in [6, 6.07) is 7.78. The van der Waals surface area contributed by atoms with Crippen LogP contribution in [0.1, 0.15) is 28.6 Å². The van der Waals surface area contributed by atoms with E-state index in [0.717, 1.165) is 22.0 Å². The molecule has 3 nitrogen and oxygen atoms in total. The summed E-state index contributed by atoms with van der Waals surface area (Å²) >= 11 is 6.25. The van der Waals surface area contributed by atoms with E-state index in [-0.39, 0.29) is 6.04 Å². The molecule has 2 rings (SSSR count). The van der Waals surface area contributed by atoms with Gasteiger partial charge < -0.3 is 5.73 Å². The lowest BCUT2D eigenvalue weighted by Gasteiger charge is -2.19. The van der Waals surface area contributed by atoms with Gasteiger partial charge in [0.15, 0.2) is 0 Å². The zero-order chi connectivity index (χ0) is 13.3. The van der Waals surface area contributed by atoms with E-state index in [1.807, 2.05) is 35.9 Å². The van der Waals surface area contributed by atoms with Crippen LogP contribution >= 0.6 is 11.6 Å². The minimum atomic E-state index is -0.00824. The number of aromatic nitrogens is 2. The number of benzene rings is 1. The fraction of sp³-hybridized carbons (Fsp3) is 0.357. The van der Waals surface area contributed by atoms with Gasteiger partial charge in [-0.3, -0.25) is 4.68 Å². The van der Waals surface area contributed by atoms with Crippen LogP contribution in [0.25, 0.3) is 0 Å². The Labute approximate surface area is 113 Å². The van der Waals surface area contributed by atoms with E-state index in [4.69, 9.17) is 17.3 Å². The standard InChI is InChI=1S/C14H18ClN3/c1-9-10(2)17-18(11(9)3)14(8-16)12-6-4-5-7-13(12)15/h4-7,14H,8,16H2,1-3H3. The fourth-order valence-corrected chi connectivity index (χ4v) is 2.41. The number of halogens is 1. The smallest absolute Gasteiger partial charge is 0.0908 e. The average molecular weight is 264 g/mol. The summed E-state index contributed by atoms with van der Waals surface area (Å²) in [4.78, 5) is 0. The topological polar surface area (TPSA) is 43.8 Å². The molecule has 0 aliphatic rings. The molecule has 1 aromatic heterocycles. The predicted molar refractivity (Wildman–Crippen MR) is 75.1 cm³/mol. The van der Waals surface area contributed by atoms with Gasteiger partial charge in [0.2, 0.25) is 0 Å². The van der Waals surface area contributed by atoms with Crippen molar-refractivity contribution in [3.05, 3.63) is 51.8 Å². The first-order valence-corrected chi connectivity index (χ1v) is 6.40. The third-order valence-corrected chi connectivity index (χ3v) is 3.81. The van der Waals surface area contributed by atoms with Crippen LogP contribution in [0.15, 0.2) is 24.3 Å². The summed E-state index contributed by atoms with van der Waals surface area (Å²) in [5.41, 5.74) is 10.3. The number of nitrogens with zero attached hydrogens (tertiary/aromatic N) is 2. The fourth-order valence-electron chi connectivity index (χ4n) is 2.15. The van der Waals surface area contributed by atoms with Gasteiger partial charge in [-0.15, -0.1) is 0 Å². The predicted octanol–water partition coefficient (Wildman–Crippen LogP) is 3.01. The molecule has 0 spiro atoms. The quantitative estimate of drug-likeness (QED) is 0.925. The number of rotatable bonds is 3. The maximum absolute atomic E-state index is 6.25. The van der Waals surface area contributed by atoms with Gasteiger partial charge in [0.1, 0.15) is 0 Å². The summed E-state index contributed by atoms with van der Waals surface area (Å²) in [6.45, 7) is 6.63. The van der Waals surface area contributed by atoms with Gasteiger partial charge in [0.05, 0.1) is 11.7 Å². The number of hydrogen-bond acceptors (Lipinski definition) is 2. The Morgan fingerprint density at radius 1 is 1.28 bits per heavy atom. The Kier molecular flexibility index (Phi) is 3.73. The average Bonchev–Trinajstić information content (AvgIpc) is 2.61. The molecule has 2 aromatic rings. The molecular weight excluding hydrogens is 246 g/mol. The first-order chi connectivity index (χ1) is 8.56. The van der Waals surface area contributed by atoms with Crippen LogP contribution in [0.2, 0.25) is 5.02 Å². The highest BCUT2D eigenvalue weighted by Crippen LogP contribution is 2.27. The Balaban J connectivity index is 2.52. The van der Waals surface area contributed by atoms with Gasteiger partial charge in [-0.05, 0) is 38.0 Å². The lowest BCUT2D eigenvalue weighted by molar-refractivity contribution is 0.516. The zero-order valence-corrected chi connectivity index (χ0v) is 11.7. The van der Waals surface area contributed by atoms with Crippen molar-refractivity contribution in [2.75, 3.05) is 6.54 Å². The lowest BCUT2D eigenvalue weighted by Crippen LogP contribution is -2.23. The summed E-state index contributed by atoms with van der Waals surface area (Å²) in [7, 11) is 0. The first kappa shape index (κ1) is 13.1. The summed E-state index contributed by atoms with van der Waals surface area (Å²) in [5.74, 6) is 0. The van der Waals surface area contributed by atoms with Gasteiger partial charge in [0, 0.05) is 17.3 Å². The van der Waals surface area contributed by atoms with E-state index >= 15 is 0 Å². The Hall–Kier alpha value is -1.32. The monoisotopic (exact) mass is 263 g/mol.